The molecule has 5 nitrogen and oxygen atoms in total. The lowest BCUT2D eigenvalue weighted by Gasteiger charge is -2.35. The number of aliphatic hydroxyl groups excluding tert-OH is 1. The van der Waals surface area contributed by atoms with Crippen LogP contribution in [0.1, 0.15) is 5.56 Å². The fourth-order valence-electron chi connectivity index (χ4n) is 2.53. The van der Waals surface area contributed by atoms with Gasteiger partial charge in [-0.05, 0) is 18.6 Å². The summed E-state index contributed by atoms with van der Waals surface area (Å²) in [5.74, 6) is 1.62. The van der Waals surface area contributed by atoms with Crippen molar-refractivity contribution in [2.45, 2.75) is 13.2 Å². The zero-order valence-electron chi connectivity index (χ0n) is 10.5. The van der Waals surface area contributed by atoms with Gasteiger partial charge in [-0.2, -0.15) is 0 Å². The van der Waals surface area contributed by atoms with E-state index >= 15 is 0 Å². The van der Waals surface area contributed by atoms with Crippen molar-refractivity contribution in [1.82, 2.24) is 5.32 Å². The molecule has 0 aliphatic carbocycles. The topological polar surface area (TPSA) is 54.0 Å². The molecular weight excluding hydrogens is 232 g/mol. The van der Waals surface area contributed by atoms with Gasteiger partial charge in [0, 0.05) is 13.1 Å². The van der Waals surface area contributed by atoms with Crippen LogP contribution in [0.25, 0.3) is 0 Å². The first kappa shape index (κ1) is 11.6. The summed E-state index contributed by atoms with van der Waals surface area (Å²) in [5, 5.41) is 12.7. The number of β-amino-alcohol motifs (C(OH)–C–C–N with tert-alkyl or cyclic N) is 1. The Bertz CT molecular complexity index is 450. The van der Waals surface area contributed by atoms with Crippen molar-refractivity contribution < 1.29 is 14.6 Å². The first-order valence-corrected chi connectivity index (χ1v) is 6.31. The average molecular weight is 250 g/mol. The largest absolute Gasteiger partial charge is 0.486 e. The second-order valence-electron chi connectivity index (χ2n) is 4.67. The van der Waals surface area contributed by atoms with Crippen LogP contribution in [0.5, 0.6) is 11.5 Å². The summed E-state index contributed by atoms with van der Waals surface area (Å²) in [5.41, 5.74) is 2.20. The normalized spacial score (nSPS) is 23.0. The number of benzene rings is 1. The first-order valence-electron chi connectivity index (χ1n) is 6.31. The molecule has 1 atom stereocenters. The van der Waals surface area contributed by atoms with Gasteiger partial charge in [0.05, 0.1) is 12.2 Å². The van der Waals surface area contributed by atoms with Crippen LogP contribution in [-0.4, -0.2) is 44.2 Å². The number of hydrogen-bond acceptors (Lipinski definition) is 5. The lowest BCUT2D eigenvalue weighted by molar-refractivity contribution is 0.130. The molecule has 0 aromatic heterocycles. The molecule has 0 amide bonds. The number of piperazine rings is 1. The Labute approximate surface area is 106 Å². The molecule has 0 bridgehead atoms. The first-order chi connectivity index (χ1) is 8.75. The van der Waals surface area contributed by atoms with Gasteiger partial charge in [0.25, 0.3) is 0 Å². The molecular formula is C13H18N2O3. The van der Waals surface area contributed by atoms with Crippen LogP contribution in [0.3, 0.4) is 0 Å². The Morgan fingerprint density at radius 1 is 1.33 bits per heavy atom. The van der Waals surface area contributed by atoms with Crippen molar-refractivity contribution in [3.63, 3.8) is 0 Å². The minimum atomic E-state index is -0.487. The fourth-order valence-corrected chi connectivity index (χ4v) is 2.53. The smallest absolute Gasteiger partial charge is 0.184 e. The molecule has 2 heterocycles. The van der Waals surface area contributed by atoms with Gasteiger partial charge in [-0.3, -0.25) is 5.32 Å². The SMILES string of the molecule is Cc1ccc2c(c1N1CCNC(O)C1)OCCO2. The third-order valence-corrected chi connectivity index (χ3v) is 3.36. The van der Waals surface area contributed by atoms with Crippen LogP contribution >= 0.6 is 0 Å². The quantitative estimate of drug-likeness (QED) is 0.760. The van der Waals surface area contributed by atoms with Crippen LogP contribution < -0.4 is 19.7 Å². The van der Waals surface area contributed by atoms with Crippen molar-refractivity contribution in [2.24, 2.45) is 0 Å². The number of nitrogens with one attached hydrogen (secondary N) is 1. The highest BCUT2D eigenvalue weighted by atomic mass is 16.6. The number of aliphatic hydroxyl groups is 1. The molecule has 98 valence electrons. The minimum absolute atomic E-state index is 0.487. The zero-order chi connectivity index (χ0) is 12.5. The van der Waals surface area contributed by atoms with E-state index in [2.05, 4.69) is 17.1 Å². The van der Waals surface area contributed by atoms with E-state index in [9.17, 15) is 5.11 Å². The molecule has 2 aliphatic heterocycles. The molecule has 2 N–H and O–H groups in total. The molecule has 2 aliphatic rings. The Morgan fingerprint density at radius 2 is 2.17 bits per heavy atom. The second-order valence-corrected chi connectivity index (χ2v) is 4.67. The molecule has 1 aromatic carbocycles. The van der Waals surface area contributed by atoms with Gasteiger partial charge in [0.15, 0.2) is 11.5 Å². The van der Waals surface area contributed by atoms with Gasteiger partial charge < -0.3 is 19.5 Å². The van der Waals surface area contributed by atoms with Gasteiger partial charge >= 0.3 is 0 Å². The summed E-state index contributed by atoms with van der Waals surface area (Å²) in [6, 6.07) is 3.99. The Kier molecular flexibility index (Phi) is 3.01. The number of anilines is 1. The van der Waals surface area contributed by atoms with Crippen molar-refractivity contribution in [2.75, 3.05) is 37.7 Å². The summed E-state index contributed by atoms with van der Waals surface area (Å²) in [4.78, 5) is 2.16. The van der Waals surface area contributed by atoms with E-state index in [-0.39, 0.29) is 0 Å². The maximum Gasteiger partial charge on any atom is 0.184 e. The Balaban J connectivity index is 1.99. The van der Waals surface area contributed by atoms with Crippen molar-refractivity contribution in [1.29, 1.82) is 0 Å². The summed E-state index contributed by atoms with van der Waals surface area (Å²) < 4.78 is 11.4. The highest BCUT2D eigenvalue weighted by molar-refractivity contribution is 5.69. The van der Waals surface area contributed by atoms with Crippen LogP contribution in [0.2, 0.25) is 0 Å². The summed E-state index contributed by atoms with van der Waals surface area (Å²) in [6.45, 7) is 5.43. The van der Waals surface area contributed by atoms with E-state index in [0.717, 1.165) is 35.8 Å². The fraction of sp³-hybridized carbons (Fsp3) is 0.538. The molecule has 0 saturated carbocycles. The van der Waals surface area contributed by atoms with Gasteiger partial charge in [-0.25, -0.2) is 0 Å². The number of ether oxygens (including phenoxy) is 2. The predicted octanol–water partition coefficient (Wildman–Crippen LogP) is 0.494. The Morgan fingerprint density at radius 3 is 3.00 bits per heavy atom. The second kappa shape index (κ2) is 4.66. The van der Waals surface area contributed by atoms with Gasteiger partial charge in [-0.15, -0.1) is 0 Å². The van der Waals surface area contributed by atoms with Crippen molar-refractivity contribution in [3.8, 4) is 11.5 Å². The number of aryl methyl sites for hydroxylation is 1. The lowest BCUT2D eigenvalue weighted by atomic mass is 10.1. The molecule has 1 unspecified atom stereocenters. The third kappa shape index (κ3) is 2.00. The predicted molar refractivity (Wildman–Crippen MR) is 68.4 cm³/mol. The molecule has 1 fully saturated rings. The molecule has 1 aromatic rings. The number of rotatable bonds is 1. The number of hydrogen-bond donors (Lipinski definition) is 2. The maximum absolute atomic E-state index is 9.71. The zero-order valence-corrected chi connectivity index (χ0v) is 10.5. The molecule has 18 heavy (non-hydrogen) atoms. The van der Waals surface area contributed by atoms with Crippen LogP contribution in [0, 0.1) is 6.92 Å². The summed E-state index contributed by atoms with van der Waals surface area (Å²) in [6.07, 6.45) is -0.487. The van der Waals surface area contributed by atoms with E-state index in [0.29, 0.717) is 19.8 Å². The minimum Gasteiger partial charge on any atom is -0.486 e. The van der Waals surface area contributed by atoms with E-state index < -0.39 is 6.23 Å². The standard InChI is InChI=1S/C13H18N2O3/c1-9-2-3-10-13(18-7-6-17-10)12(9)15-5-4-14-11(16)8-15/h2-3,11,14,16H,4-8H2,1H3. The maximum atomic E-state index is 9.71. The van der Waals surface area contributed by atoms with Gasteiger partial charge in [0.2, 0.25) is 0 Å². The van der Waals surface area contributed by atoms with E-state index in [1.807, 2.05) is 12.1 Å². The summed E-state index contributed by atoms with van der Waals surface area (Å²) in [7, 11) is 0. The summed E-state index contributed by atoms with van der Waals surface area (Å²) >= 11 is 0. The highest BCUT2D eigenvalue weighted by Gasteiger charge is 2.25. The van der Waals surface area contributed by atoms with E-state index in [1.165, 1.54) is 0 Å². The monoisotopic (exact) mass is 250 g/mol. The number of nitrogens with zero attached hydrogens (tertiary/aromatic N) is 1. The van der Waals surface area contributed by atoms with Gasteiger partial charge in [-0.1, -0.05) is 6.07 Å². The van der Waals surface area contributed by atoms with Crippen LogP contribution in [0.4, 0.5) is 5.69 Å². The van der Waals surface area contributed by atoms with Crippen molar-refractivity contribution >= 4 is 5.69 Å². The number of fused-ring (bicyclic) bond motifs is 1. The molecule has 0 spiro atoms. The Hall–Kier alpha value is -1.46. The van der Waals surface area contributed by atoms with E-state index in [1.54, 1.807) is 0 Å². The molecule has 0 radical (unpaired) electrons. The van der Waals surface area contributed by atoms with Gasteiger partial charge in [0.1, 0.15) is 19.4 Å². The van der Waals surface area contributed by atoms with Crippen molar-refractivity contribution in [3.05, 3.63) is 17.7 Å². The molecule has 5 heteroatoms. The molecule has 3 rings (SSSR count). The van der Waals surface area contributed by atoms with E-state index in [4.69, 9.17) is 9.47 Å². The highest BCUT2D eigenvalue weighted by Crippen LogP contribution is 2.42. The molecule has 1 saturated heterocycles. The van der Waals surface area contributed by atoms with Crippen LogP contribution in [-0.2, 0) is 0 Å². The third-order valence-electron chi connectivity index (χ3n) is 3.36. The average Bonchev–Trinajstić information content (AvgIpc) is 2.38. The van der Waals surface area contributed by atoms with Crippen LogP contribution in [0.15, 0.2) is 12.1 Å². The lowest BCUT2D eigenvalue weighted by Crippen LogP contribution is -2.51.